The van der Waals surface area contributed by atoms with E-state index in [0.717, 1.165) is 58.3 Å². The second-order valence-corrected chi connectivity index (χ2v) is 9.14. The smallest absolute Gasteiger partial charge is 0.309 e. The van der Waals surface area contributed by atoms with Crippen molar-refractivity contribution in [1.29, 1.82) is 0 Å². The summed E-state index contributed by atoms with van der Waals surface area (Å²) in [6, 6.07) is 13.8. The molecule has 0 radical (unpaired) electrons. The van der Waals surface area contributed by atoms with Crippen LogP contribution in [0.4, 0.5) is 11.4 Å². The third kappa shape index (κ3) is 5.12. The fourth-order valence-electron chi connectivity index (χ4n) is 5.02. The van der Waals surface area contributed by atoms with Gasteiger partial charge in [-0.3, -0.25) is 4.79 Å². The molecule has 0 saturated carbocycles. The van der Waals surface area contributed by atoms with Crippen LogP contribution in [0.3, 0.4) is 0 Å². The Morgan fingerprint density at radius 1 is 0.935 bits per heavy atom. The summed E-state index contributed by atoms with van der Waals surface area (Å²) in [6.07, 6.45) is 5.16. The normalized spacial score (nSPS) is 17.1. The average Bonchev–Trinajstić information content (AvgIpc) is 2.91. The van der Waals surface area contributed by atoms with Crippen molar-refractivity contribution < 1.29 is 9.53 Å². The highest BCUT2D eigenvalue weighted by atomic mass is 16.5. The molecule has 2 aromatic rings. The fourth-order valence-corrected chi connectivity index (χ4v) is 5.02. The van der Waals surface area contributed by atoms with Gasteiger partial charge in [-0.1, -0.05) is 24.3 Å². The highest BCUT2D eigenvalue weighted by Crippen LogP contribution is 2.37. The van der Waals surface area contributed by atoms with Crippen LogP contribution < -0.4 is 4.90 Å². The molecule has 0 spiro atoms. The summed E-state index contributed by atoms with van der Waals surface area (Å²) in [7, 11) is 0. The molecule has 2 heterocycles. The van der Waals surface area contributed by atoms with Crippen LogP contribution in [0.5, 0.6) is 0 Å². The molecule has 0 N–H and O–H groups in total. The molecule has 0 atom stereocenters. The zero-order chi connectivity index (χ0) is 21.8. The number of rotatable bonds is 6. The molecule has 0 bridgehead atoms. The standard InChI is InChI=1S/C27H36N2O2/c1-4-31-27(30)24-12-16-28(17-13-24)14-5-15-29-25-18-20(2)6-8-22(25)10-11-23-9-7-21(3)19-26(23)29/h6-9,18-19,24H,4-5,10-17H2,1-3H3. The minimum absolute atomic E-state index is 0.00864. The Kier molecular flexibility index (Phi) is 6.96. The van der Waals surface area contributed by atoms with Crippen molar-refractivity contribution in [2.75, 3.05) is 37.7 Å². The van der Waals surface area contributed by atoms with Crippen molar-refractivity contribution >= 4 is 17.3 Å². The van der Waals surface area contributed by atoms with Crippen LogP contribution in [0.25, 0.3) is 0 Å². The lowest BCUT2D eigenvalue weighted by atomic mass is 9.97. The van der Waals surface area contributed by atoms with E-state index in [2.05, 4.69) is 60.0 Å². The zero-order valence-electron chi connectivity index (χ0n) is 19.3. The molecule has 2 aliphatic rings. The Morgan fingerprint density at radius 3 is 2.06 bits per heavy atom. The van der Waals surface area contributed by atoms with Crippen molar-refractivity contribution in [1.82, 2.24) is 4.90 Å². The molecular weight excluding hydrogens is 384 g/mol. The predicted octanol–water partition coefficient (Wildman–Crippen LogP) is 5.21. The highest BCUT2D eigenvalue weighted by molar-refractivity contribution is 5.73. The summed E-state index contributed by atoms with van der Waals surface area (Å²) in [5.74, 6) is 0.0807. The number of benzene rings is 2. The van der Waals surface area contributed by atoms with Gasteiger partial charge < -0.3 is 14.5 Å². The van der Waals surface area contributed by atoms with Crippen LogP contribution in [-0.4, -0.2) is 43.7 Å². The van der Waals surface area contributed by atoms with Gasteiger partial charge in [0.15, 0.2) is 0 Å². The van der Waals surface area contributed by atoms with Crippen LogP contribution in [0.1, 0.15) is 48.4 Å². The number of piperidine rings is 1. The molecular formula is C27H36N2O2. The van der Waals surface area contributed by atoms with Crippen molar-refractivity contribution in [3.05, 3.63) is 58.7 Å². The average molecular weight is 421 g/mol. The second-order valence-electron chi connectivity index (χ2n) is 9.14. The summed E-state index contributed by atoms with van der Waals surface area (Å²) in [5.41, 5.74) is 8.31. The molecule has 0 unspecified atom stereocenters. The summed E-state index contributed by atoms with van der Waals surface area (Å²) in [5, 5.41) is 0. The predicted molar refractivity (Wildman–Crippen MR) is 127 cm³/mol. The van der Waals surface area contributed by atoms with Gasteiger partial charge in [-0.25, -0.2) is 0 Å². The molecule has 4 rings (SSSR count). The second kappa shape index (κ2) is 9.86. The van der Waals surface area contributed by atoms with E-state index >= 15 is 0 Å². The van der Waals surface area contributed by atoms with Gasteiger partial charge in [0.05, 0.1) is 12.5 Å². The van der Waals surface area contributed by atoms with Crippen LogP contribution in [-0.2, 0) is 22.4 Å². The summed E-state index contributed by atoms with van der Waals surface area (Å²) >= 11 is 0. The van der Waals surface area contributed by atoms with Gasteiger partial charge in [0, 0.05) is 17.9 Å². The monoisotopic (exact) mass is 420 g/mol. The van der Waals surface area contributed by atoms with E-state index in [1.165, 1.54) is 33.6 Å². The van der Waals surface area contributed by atoms with E-state index in [9.17, 15) is 4.79 Å². The highest BCUT2D eigenvalue weighted by Gasteiger charge is 2.26. The molecule has 166 valence electrons. The lowest BCUT2D eigenvalue weighted by Gasteiger charge is -2.32. The molecule has 2 aromatic carbocycles. The minimum atomic E-state index is -0.00864. The summed E-state index contributed by atoms with van der Waals surface area (Å²) < 4.78 is 5.21. The van der Waals surface area contributed by atoms with Gasteiger partial charge in [0.2, 0.25) is 0 Å². The molecule has 0 amide bonds. The fraction of sp³-hybridized carbons (Fsp3) is 0.519. The largest absolute Gasteiger partial charge is 0.466 e. The SMILES string of the molecule is CCOC(=O)C1CCN(CCCN2c3cc(C)ccc3CCc3ccc(C)cc32)CC1. The summed E-state index contributed by atoms with van der Waals surface area (Å²) in [6.45, 7) is 10.8. The van der Waals surface area contributed by atoms with Gasteiger partial charge in [-0.05, 0) is 107 Å². The molecule has 2 aliphatic heterocycles. The molecule has 1 fully saturated rings. The van der Waals surface area contributed by atoms with Gasteiger partial charge >= 0.3 is 5.97 Å². The number of carbonyl (C=O) groups is 1. The first kappa shape index (κ1) is 21.9. The molecule has 4 heteroatoms. The number of ether oxygens (including phenoxy) is 1. The third-order valence-corrected chi connectivity index (χ3v) is 6.79. The first-order valence-corrected chi connectivity index (χ1v) is 11.9. The third-order valence-electron chi connectivity index (χ3n) is 6.79. The Hall–Kier alpha value is -2.33. The van der Waals surface area contributed by atoms with Crippen molar-refractivity contribution in [2.45, 2.75) is 52.9 Å². The molecule has 0 aromatic heterocycles. The number of anilines is 2. The quantitative estimate of drug-likeness (QED) is 0.601. The van der Waals surface area contributed by atoms with Crippen LogP contribution in [0, 0.1) is 19.8 Å². The summed E-state index contributed by atoms with van der Waals surface area (Å²) in [4.78, 5) is 17.1. The molecule has 0 aliphatic carbocycles. The Labute approximate surface area is 187 Å². The maximum Gasteiger partial charge on any atom is 0.309 e. The minimum Gasteiger partial charge on any atom is -0.466 e. The van der Waals surface area contributed by atoms with Crippen LogP contribution in [0.15, 0.2) is 36.4 Å². The molecule has 1 saturated heterocycles. The van der Waals surface area contributed by atoms with Crippen molar-refractivity contribution in [2.24, 2.45) is 5.92 Å². The molecule has 4 nitrogen and oxygen atoms in total. The van der Waals surface area contributed by atoms with E-state index < -0.39 is 0 Å². The van der Waals surface area contributed by atoms with Gasteiger partial charge in [0.25, 0.3) is 0 Å². The zero-order valence-corrected chi connectivity index (χ0v) is 19.3. The van der Waals surface area contributed by atoms with Gasteiger partial charge in [-0.15, -0.1) is 0 Å². The number of hydrogen-bond donors (Lipinski definition) is 0. The Morgan fingerprint density at radius 2 is 1.52 bits per heavy atom. The van der Waals surface area contributed by atoms with Crippen molar-refractivity contribution in [3.8, 4) is 0 Å². The maximum absolute atomic E-state index is 12.0. The Balaban J connectivity index is 1.43. The van der Waals surface area contributed by atoms with Crippen molar-refractivity contribution in [3.63, 3.8) is 0 Å². The Bertz CT molecular complexity index is 862. The number of carbonyl (C=O) groups excluding carboxylic acids is 1. The number of hydrogen-bond acceptors (Lipinski definition) is 4. The first-order valence-electron chi connectivity index (χ1n) is 11.9. The number of likely N-dealkylation sites (tertiary alicyclic amines) is 1. The van der Waals surface area contributed by atoms with E-state index in [1.807, 2.05) is 6.92 Å². The van der Waals surface area contributed by atoms with Crippen LogP contribution in [0.2, 0.25) is 0 Å². The van der Waals surface area contributed by atoms with Gasteiger partial charge in [0.1, 0.15) is 0 Å². The van der Waals surface area contributed by atoms with E-state index in [-0.39, 0.29) is 11.9 Å². The number of nitrogens with zero attached hydrogens (tertiary/aromatic N) is 2. The maximum atomic E-state index is 12.0. The van der Waals surface area contributed by atoms with E-state index in [1.54, 1.807) is 0 Å². The number of fused-ring (bicyclic) bond motifs is 2. The molecule has 31 heavy (non-hydrogen) atoms. The van der Waals surface area contributed by atoms with E-state index in [0.29, 0.717) is 6.61 Å². The number of aryl methyl sites for hydroxylation is 4. The van der Waals surface area contributed by atoms with Gasteiger partial charge in [-0.2, -0.15) is 0 Å². The number of esters is 1. The lowest BCUT2D eigenvalue weighted by Crippen LogP contribution is -2.38. The lowest BCUT2D eigenvalue weighted by molar-refractivity contribution is -0.149. The topological polar surface area (TPSA) is 32.8 Å². The first-order chi connectivity index (χ1) is 15.0. The van der Waals surface area contributed by atoms with E-state index in [4.69, 9.17) is 4.74 Å². The van der Waals surface area contributed by atoms with Crippen LogP contribution >= 0.6 is 0 Å².